The summed E-state index contributed by atoms with van der Waals surface area (Å²) in [6, 6.07) is 0. The lowest BCUT2D eigenvalue weighted by Gasteiger charge is -2.20. The molecule has 1 atom stereocenters. The number of aryl methyl sites for hydroxylation is 1. The standard InChI is InChI=1S/C8H11N3O2/c1-11-7-2-5(8(12)13)3-9-6(7)4-10-11/h4-5,9H,2-3H2,1H3,(H,12,13). The van der Waals surface area contributed by atoms with Gasteiger partial charge < -0.3 is 10.4 Å². The van der Waals surface area contributed by atoms with Gasteiger partial charge in [-0.1, -0.05) is 0 Å². The number of anilines is 1. The minimum Gasteiger partial charge on any atom is -0.481 e. The van der Waals surface area contributed by atoms with Gasteiger partial charge >= 0.3 is 5.97 Å². The molecular formula is C8H11N3O2. The summed E-state index contributed by atoms with van der Waals surface area (Å²) < 4.78 is 1.72. The fourth-order valence-electron chi connectivity index (χ4n) is 1.57. The summed E-state index contributed by atoms with van der Waals surface area (Å²) in [5, 5.41) is 15.9. The van der Waals surface area contributed by atoms with Gasteiger partial charge in [0, 0.05) is 20.0 Å². The molecule has 0 bridgehead atoms. The SMILES string of the molecule is Cn1ncc2c1CC(C(=O)O)CN2. The quantitative estimate of drug-likeness (QED) is 0.644. The Labute approximate surface area is 75.4 Å². The molecule has 0 radical (unpaired) electrons. The van der Waals surface area contributed by atoms with Crippen LogP contribution in [0.4, 0.5) is 5.69 Å². The first-order chi connectivity index (χ1) is 6.18. The molecule has 0 amide bonds. The van der Waals surface area contributed by atoms with Gasteiger partial charge in [0.05, 0.1) is 23.5 Å². The summed E-state index contributed by atoms with van der Waals surface area (Å²) in [5.74, 6) is -1.08. The van der Waals surface area contributed by atoms with E-state index in [0.29, 0.717) is 13.0 Å². The van der Waals surface area contributed by atoms with Gasteiger partial charge in [-0.3, -0.25) is 9.48 Å². The molecule has 70 valence electrons. The van der Waals surface area contributed by atoms with Crippen molar-refractivity contribution in [2.45, 2.75) is 6.42 Å². The molecule has 0 aliphatic carbocycles. The Morgan fingerprint density at radius 2 is 2.62 bits per heavy atom. The maximum atomic E-state index is 10.7. The second kappa shape index (κ2) is 2.76. The van der Waals surface area contributed by atoms with E-state index >= 15 is 0 Å². The van der Waals surface area contributed by atoms with Crippen molar-refractivity contribution in [3.8, 4) is 0 Å². The van der Waals surface area contributed by atoms with E-state index in [-0.39, 0.29) is 5.92 Å². The van der Waals surface area contributed by atoms with Crippen LogP contribution in [0.15, 0.2) is 6.20 Å². The number of aliphatic carboxylic acids is 1. The Hall–Kier alpha value is -1.52. The summed E-state index contributed by atoms with van der Waals surface area (Å²) in [7, 11) is 1.82. The maximum Gasteiger partial charge on any atom is 0.308 e. The second-order valence-electron chi connectivity index (χ2n) is 3.25. The molecule has 2 N–H and O–H groups in total. The van der Waals surface area contributed by atoms with Crippen LogP contribution in [0.2, 0.25) is 0 Å². The normalized spacial score (nSPS) is 20.5. The third kappa shape index (κ3) is 1.26. The predicted molar refractivity (Wildman–Crippen MR) is 46.5 cm³/mol. The molecule has 2 rings (SSSR count). The molecule has 0 saturated heterocycles. The highest BCUT2D eigenvalue weighted by molar-refractivity contribution is 5.72. The Bertz CT molecular complexity index is 345. The highest BCUT2D eigenvalue weighted by atomic mass is 16.4. The van der Waals surface area contributed by atoms with Crippen molar-refractivity contribution >= 4 is 11.7 Å². The molecule has 5 heteroatoms. The van der Waals surface area contributed by atoms with Crippen LogP contribution in [0.5, 0.6) is 0 Å². The Balaban J connectivity index is 2.27. The summed E-state index contributed by atoms with van der Waals surface area (Å²) in [4.78, 5) is 10.7. The van der Waals surface area contributed by atoms with Gasteiger partial charge in [-0.05, 0) is 0 Å². The van der Waals surface area contributed by atoms with Crippen LogP contribution in [-0.2, 0) is 18.3 Å². The highest BCUT2D eigenvalue weighted by Gasteiger charge is 2.26. The van der Waals surface area contributed by atoms with E-state index in [1.165, 1.54) is 0 Å². The summed E-state index contributed by atoms with van der Waals surface area (Å²) in [6.07, 6.45) is 2.29. The first-order valence-electron chi connectivity index (χ1n) is 4.16. The highest BCUT2D eigenvalue weighted by Crippen LogP contribution is 2.23. The van der Waals surface area contributed by atoms with Crippen molar-refractivity contribution in [3.05, 3.63) is 11.9 Å². The third-order valence-corrected chi connectivity index (χ3v) is 2.39. The smallest absolute Gasteiger partial charge is 0.308 e. The van der Waals surface area contributed by atoms with Gasteiger partial charge in [0.2, 0.25) is 0 Å². The largest absolute Gasteiger partial charge is 0.481 e. The van der Waals surface area contributed by atoms with E-state index in [1.54, 1.807) is 10.9 Å². The fourth-order valence-corrected chi connectivity index (χ4v) is 1.57. The maximum absolute atomic E-state index is 10.7. The van der Waals surface area contributed by atoms with E-state index in [4.69, 9.17) is 5.11 Å². The zero-order valence-electron chi connectivity index (χ0n) is 7.32. The lowest BCUT2D eigenvalue weighted by molar-refractivity contribution is -0.141. The Kier molecular flexibility index (Phi) is 1.72. The van der Waals surface area contributed by atoms with Crippen LogP contribution in [0.3, 0.4) is 0 Å². The average molecular weight is 181 g/mol. The third-order valence-electron chi connectivity index (χ3n) is 2.39. The van der Waals surface area contributed by atoms with Gasteiger partial charge in [0.15, 0.2) is 0 Å². The number of carbonyl (C=O) groups is 1. The van der Waals surface area contributed by atoms with Crippen molar-refractivity contribution in [1.82, 2.24) is 9.78 Å². The van der Waals surface area contributed by atoms with Crippen LogP contribution in [0.25, 0.3) is 0 Å². The number of carboxylic acids is 1. The van der Waals surface area contributed by atoms with Gasteiger partial charge in [0.1, 0.15) is 0 Å². The molecule has 5 nitrogen and oxygen atoms in total. The number of nitrogens with zero attached hydrogens (tertiary/aromatic N) is 2. The molecule has 13 heavy (non-hydrogen) atoms. The van der Waals surface area contributed by atoms with E-state index < -0.39 is 5.97 Å². The van der Waals surface area contributed by atoms with Gasteiger partial charge in [-0.2, -0.15) is 5.10 Å². The molecule has 1 aliphatic rings. The van der Waals surface area contributed by atoms with Crippen LogP contribution < -0.4 is 5.32 Å². The molecule has 1 aliphatic heterocycles. The van der Waals surface area contributed by atoms with Crippen LogP contribution >= 0.6 is 0 Å². The second-order valence-corrected chi connectivity index (χ2v) is 3.25. The van der Waals surface area contributed by atoms with Gasteiger partial charge in [0.25, 0.3) is 0 Å². The zero-order valence-corrected chi connectivity index (χ0v) is 7.32. The number of nitrogens with one attached hydrogen (secondary N) is 1. The number of fused-ring (bicyclic) bond motifs is 1. The molecule has 0 fully saturated rings. The van der Waals surface area contributed by atoms with Crippen LogP contribution in [0.1, 0.15) is 5.69 Å². The molecule has 0 saturated carbocycles. The van der Waals surface area contributed by atoms with Crippen molar-refractivity contribution < 1.29 is 9.90 Å². The van der Waals surface area contributed by atoms with E-state index in [1.807, 2.05) is 7.05 Å². The Morgan fingerprint density at radius 3 is 3.31 bits per heavy atom. The van der Waals surface area contributed by atoms with Gasteiger partial charge in [-0.25, -0.2) is 0 Å². The van der Waals surface area contributed by atoms with E-state index in [0.717, 1.165) is 11.4 Å². The molecule has 2 heterocycles. The minimum absolute atomic E-state index is 0.331. The lowest BCUT2D eigenvalue weighted by atomic mass is 9.99. The molecule has 1 aromatic heterocycles. The van der Waals surface area contributed by atoms with Crippen molar-refractivity contribution in [2.75, 3.05) is 11.9 Å². The van der Waals surface area contributed by atoms with Crippen LogP contribution in [0, 0.1) is 5.92 Å². The summed E-state index contributed by atoms with van der Waals surface area (Å²) in [5.41, 5.74) is 1.93. The number of hydrogen-bond donors (Lipinski definition) is 2. The zero-order chi connectivity index (χ0) is 9.42. The monoisotopic (exact) mass is 181 g/mol. The first-order valence-corrected chi connectivity index (χ1v) is 4.16. The number of hydrogen-bond acceptors (Lipinski definition) is 3. The van der Waals surface area contributed by atoms with Crippen molar-refractivity contribution in [2.24, 2.45) is 13.0 Å². The molecule has 0 aromatic carbocycles. The van der Waals surface area contributed by atoms with Crippen LogP contribution in [-0.4, -0.2) is 27.4 Å². The molecule has 1 aromatic rings. The Morgan fingerprint density at radius 1 is 1.85 bits per heavy atom. The summed E-state index contributed by atoms with van der Waals surface area (Å²) in [6.45, 7) is 0.494. The predicted octanol–water partition coefficient (Wildman–Crippen LogP) is 0.0889. The minimum atomic E-state index is -0.751. The molecule has 0 spiro atoms. The molecule has 1 unspecified atom stereocenters. The van der Waals surface area contributed by atoms with E-state index in [9.17, 15) is 4.79 Å². The number of aromatic nitrogens is 2. The fraction of sp³-hybridized carbons (Fsp3) is 0.500. The summed E-state index contributed by atoms with van der Waals surface area (Å²) >= 11 is 0. The first kappa shape index (κ1) is 8.10. The van der Waals surface area contributed by atoms with Crippen molar-refractivity contribution in [3.63, 3.8) is 0 Å². The van der Waals surface area contributed by atoms with Crippen molar-refractivity contribution in [1.29, 1.82) is 0 Å². The van der Waals surface area contributed by atoms with Gasteiger partial charge in [-0.15, -0.1) is 0 Å². The number of rotatable bonds is 1. The average Bonchev–Trinajstić information content (AvgIpc) is 2.47. The van der Waals surface area contributed by atoms with E-state index in [2.05, 4.69) is 10.4 Å². The number of carboxylic acid groups (broad SMARTS) is 1. The topological polar surface area (TPSA) is 67.2 Å². The lowest BCUT2D eigenvalue weighted by Crippen LogP contribution is -2.30. The molecular weight excluding hydrogens is 170 g/mol.